The molecule has 0 aliphatic rings. The van der Waals surface area contributed by atoms with Crippen LogP contribution in [0.15, 0.2) is 11.5 Å². The Hall–Kier alpha value is -1.52. The number of methoxy groups -OCH3 is 1. The molecule has 0 saturated carbocycles. The summed E-state index contributed by atoms with van der Waals surface area (Å²) in [6, 6.07) is 0. The Morgan fingerprint density at radius 1 is 1.67 bits per heavy atom. The highest BCUT2D eigenvalue weighted by molar-refractivity contribution is 6.08. The summed E-state index contributed by atoms with van der Waals surface area (Å²) in [6.07, 6.45) is 0.802. The average molecular weight is 172 g/mol. The van der Waals surface area contributed by atoms with Gasteiger partial charge in [0.05, 0.1) is 13.7 Å². The normalized spacial score (nSPS) is 11.5. The molecule has 0 heterocycles. The number of rotatable bonds is 4. The predicted molar refractivity (Wildman–Crippen MR) is 43.6 cm³/mol. The molecule has 12 heavy (non-hydrogen) atoms. The maximum atomic E-state index is 11.0. The van der Waals surface area contributed by atoms with Crippen LogP contribution in [0.5, 0.6) is 0 Å². The predicted octanol–water partition coefficient (Wildman–Crippen LogP) is 0.0158. The molecule has 0 aromatic heterocycles. The molecule has 68 valence electrons. The highest BCUT2D eigenvalue weighted by Crippen LogP contribution is 1.99. The molecule has 0 unspecified atom stereocenters. The molecule has 0 aliphatic heterocycles. The van der Waals surface area contributed by atoms with E-state index < -0.39 is 5.97 Å². The highest BCUT2D eigenvalue weighted by atomic mass is 16.5. The zero-order valence-corrected chi connectivity index (χ0v) is 7.09. The molecule has 0 aromatic rings. The largest absolute Gasteiger partial charge is 0.482 e. The molecule has 0 bridgehead atoms. The van der Waals surface area contributed by atoms with Crippen LogP contribution in [0.1, 0.15) is 6.92 Å². The van der Waals surface area contributed by atoms with Gasteiger partial charge in [0.2, 0.25) is 0 Å². The van der Waals surface area contributed by atoms with Crippen molar-refractivity contribution in [1.29, 1.82) is 5.41 Å². The van der Waals surface area contributed by atoms with Gasteiger partial charge in [-0.3, -0.25) is 0 Å². The molecule has 5 nitrogen and oxygen atoms in total. The van der Waals surface area contributed by atoms with Crippen molar-refractivity contribution in [1.82, 2.24) is 0 Å². The average Bonchev–Trinajstić information content (AvgIpc) is 2.06. The van der Waals surface area contributed by atoms with E-state index in [4.69, 9.17) is 11.1 Å². The maximum Gasteiger partial charge on any atom is 0.345 e. The second kappa shape index (κ2) is 5.17. The van der Waals surface area contributed by atoms with Gasteiger partial charge in [0.25, 0.3) is 0 Å². The Morgan fingerprint density at radius 3 is 2.58 bits per heavy atom. The van der Waals surface area contributed by atoms with Crippen molar-refractivity contribution in [3.63, 3.8) is 0 Å². The second-order valence-corrected chi connectivity index (χ2v) is 1.85. The number of carbonyl (C=O) groups is 1. The van der Waals surface area contributed by atoms with E-state index in [9.17, 15) is 4.79 Å². The number of nitrogens with one attached hydrogen (secondary N) is 1. The second-order valence-electron chi connectivity index (χ2n) is 1.85. The Morgan fingerprint density at radius 2 is 2.25 bits per heavy atom. The Balaban J connectivity index is 4.55. The van der Waals surface area contributed by atoms with Crippen molar-refractivity contribution < 1.29 is 14.3 Å². The van der Waals surface area contributed by atoms with E-state index in [1.54, 1.807) is 6.92 Å². The summed E-state index contributed by atoms with van der Waals surface area (Å²) in [5, 5.41) is 6.86. The summed E-state index contributed by atoms with van der Waals surface area (Å²) in [5.74, 6) is -0.754. The highest BCUT2D eigenvalue weighted by Gasteiger charge is 2.12. The SMILES string of the molecule is CCOC(=O)/C(C=N)=C(/N)OC. The molecule has 0 saturated heterocycles. The molecule has 0 aromatic carbocycles. The van der Waals surface area contributed by atoms with Crippen molar-refractivity contribution in [2.45, 2.75) is 6.92 Å². The smallest absolute Gasteiger partial charge is 0.345 e. The molecular weight excluding hydrogens is 160 g/mol. The van der Waals surface area contributed by atoms with Crippen molar-refractivity contribution >= 4 is 12.2 Å². The van der Waals surface area contributed by atoms with E-state index in [1.165, 1.54) is 7.11 Å². The van der Waals surface area contributed by atoms with Crippen LogP contribution in [0.25, 0.3) is 0 Å². The van der Waals surface area contributed by atoms with Crippen LogP contribution in [0, 0.1) is 5.41 Å². The summed E-state index contributed by atoms with van der Waals surface area (Å²) < 4.78 is 9.19. The fourth-order valence-electron chi connectivity index (χ4n) is 0.549. The first-order chi connectivity index (χ1) is 5.67. The van der Waals surface area contributed by atoms with Gasteiger partial charge in [-0.25, -0.2) is 4.79 Å². The van der Waals surface area contributed by atoms with Crippen LogP contribution in [0.2, 0.25) is 0 Å². The van der Waals surface area contributed by atoms with Crippen LogP contribution in [0.4, 0.5) is 0 Å². The summed E-state index contributed by atoms with van der Waals surface area (Å²) in [6.45, 7) is 1.91. The number of ether oxygens (including phenoxy) is 2. The quantitative estimate of drug-likeness (QED) is 0.271. The summed E-state index contributed by atoms with van der Waals surface area (Å²) in [4.78, 5) is 11.0. The molecule has 0 amide bonds. The Labute approximate surface area is 70.7 Å². The van der Waals surface area contributed by atoms with Crippen molar-refractivity contribution in [3.8, 4) is 0 Å². The van der Waals surface area contributed by atoms with Gasteiger partial charge in [0.1, 0.15) is 5.57 Å². The van der Waals surface area contributed by atoms with Crippen molar-refractivity contribution in [2.75, 3.05) is 13.7 Å². The third kappa shape index (κ3) is 2.61. The third-order valence-corrected chi connectivity index (χ3v) is 1.13. The molecule has 0 atom stereocenters. The summed E-state index contributed by atoms with van der Waals surface area (Å²) in [7, 11) is 1.32. The van der Waals surface area contributed by atoms with Crippen molar-refractivity contribution in [2.24, 2.45) is 5.73 Å². The fourth-order valence-corrected chi connectivity index (χ4v) is 0.549. The minimum Gasteiger partial charge on any atom is -0.482 e. The van der Waals surface area contributed by atoms with Gasteiger partial charge >= 0.3 is 5.97 Å². The molecule has 0 radical (unpaired) electrons. The molecule has 3 N–H and O–H groups in total. The Bertz CT molecular complexity index is 211. The third-order valence-electron chi connectivity index (χ3n) is 1.13. The lowest BCUT2D eigenvalue weighted by Gasteiger charge is -2.04. The van der Waals surface area contributed by atoms with Gasteiger partial charge in [-0.2, -0.15) is 0 Å². The van der Waals surface area contributed by atoms with E-state index in [0.29, 0.717) is 0 Å². The van der Waals surface area contributed by atoms with Gasteiger partial charge in [0.15, 0.2) is 5.88 Å². The number of hydrogen-bond acceptors (Lipinski definition) is 5. The van der Waals surface area contributed by atoms with E-state index in [1.807, 2.05) is 0 Å². The minimum atomic E-state index is -0.646. The number of carbonyl (C=O) groups excluding carboxylic acids is 1. The molecular formula is C7H12N2O3. The maximum absolute atomic E-state index is 11.0. The van der Waals surface area contributed by atoms with Crippen LogP contribution in [-0.2, 0) is 14.3 Å². The first-order valence-electron chi connectivity index (χ1n) is 3.38. The minimum absolute atomic E-state index is 0.0700. The van der Waals surface area contributed by atoms with Crippen molar-refractivity contribution in [3.05, 3.63) is 11.5 Å². The molecule has 0 fully saturated rings. The van der Waals surface area contributed by atoms with E-state index in [2.05, 4.69) is 9.47 Å². The molecule has 0 spiro atoms. The Kier molecular flexibility index (Phi) is 4.52. The topological polar surface area (TPSA) is 85.4 Å². The molecule has 0 rings (SSSR count). The number of nitrogens with two attached hydrogens (primary N) is 1. The summed E-state index contributed by atoms with van der Waals surface area (Å²) >= 11 is 0. The van der Waals surface area contributed by atoms with Crippen LogP contribution >= 0.6 is 0 Å². The number of esters is 1. The first-order valence-corrected chi connectivity index (χ1v) is 3.38. The van der Waals surface area contributed by atoms with E-state index in [0.717, 1.165) is 6.21 Å². The zero-order valence-electron chi connectivity index (χ0n) is 7.09. The molecule has 0 aliphatic carbocycles. The van der Waals surface area contributed by atoms with Gasteiger partial charge in [-0.05, 0) is 6.92 Å². The van der Waals surface area contributed by atoms with Gasteiger partial charge in [0, 0.05) is 6.21 Å². The van der Waals surface area contributed by atoms with Crippen LogP contribution in [-0.4, -0.2) is 25.9 Å². The molecule has 5 heteroatoms. The first kappa shape index (κ1) is 10.5. The van der Waals surface area contributed by atoms with Gasteiger partial charge in [-0.15, -0.1) is 0 Å². The van der Waals surface area contributed by atoms with Crippen LogP contribution < -0.4 is 5.73 Å². The van der Waals surface area contributed by atoms with Gasteiger partial charge in [-0.1, -0.05) is 0 Å². The lowest BCUT2D eigenvalue weighted by molar-refractivity contribution is -0.138. The monoisotopic (exact) mass is 172 g/mol. The van der Waals surface area contributed by atoms with Gasteiger partial charge < -0.3 is 20.6 Å². The summed E-state index contributed by atoms with van der Waals surface area (Å²) in [5.41, 5.74) is 5.19. The van der Waals surface area contributed by atoms with E-state index >= 15 is 0 Å². The fraction of sp³-hybridized carbons (Fsp3) is 0.429. The lowest BCUT2D eigenvalue weighted by atomic mass is 10.3. The standard InChI is InChI=1S/C7H12N2O3/c1-3-12-7(10)5(4-8)6(9)11-2/h4,8H,3,9H2,1-2H3/b6-5-,8-4?. The zero-order chi connectivity index (χ0) is 9.56. The van der Waals surface area contributed by atoms with Crippen LogP contribution in [0.3, 0.4) is 0 Å². The number of hydrogen-bond donors (Lipinski definition) is 2. The lowest BCUT2D eigenvalue weighted by Crippen LogP contribution is -2.15. The van der Waals surface area contributed by atoms with E-state index in [-0.39, 0.29) is 18.1 Å².